The van der Waals surface area contributed by atoms with Crippen LogP contribution in [0.1, 0.15) is 17.2 Å². The second kappa shape index (κ2) is 7.77. The molecule has 3 N–H and O–H groups in total. The van der Waals surface area contributed by atoms with Crippen molar-refractivity contribution in [3.63, 3.8) is 0 Å². The Bertz CT molecular complexity index is 634. The molecule has 116 valence electrons. The SMILES string of the molecule is O=C(NCc1ccc(Cl)cc1)NCC(O)c1ccccc1F. The molecule has 0 saturated carbocycles. The van der Waals surface area contributed by atoms with Crippen LogP contribution in [0.4, 0.5) is 9.18 Å². The molecule has 0 aliphatic heterocycles. The molecule has 4 nitrogen and oxygen atoms in total. The number of hydrogen-bond acceptors (Lipinski definition) is 2. The molecule has 0 saturated heterocycles. The average Bonchev–Trinajstić information content (AvgIpc) is 2.52. The molecule has 0 fully saturated rings. The van der Waals surface area contributed by atoms with E-state index in [0.717, 1.165) is 5.56 Å². The van der Waals surface area contributed by atoms with Crippen LogP contribution in [0.15, 0.2) is 48.5 Å². The molecule has 2 amide bonds. The first-order valence-corrected chi connectivity index (χ1v) is 7.12. The lowest BCUT2D eigenvalue weighted by Gasteiger charge is -2.13. The van der Waals surface area contributed by atoms with Gasteiger partial charge in [0.2, 0.25) is 0 Å². The summed E-state index contributed by atoms with van der Waals surface area (Å²) in [6.45, 7) is 0.256. The van der Waals surface area contributed by atoms with E-state index in [-0.39, 0.29) is 12.1 Å². The Labute approximate surface area is 132 Å². The van der Waals surface area contributed by atoms with Crippen molar-refractivity contribution in [2.75, 3.05) is 6.54 Å². The Morgan fingerprint density at radius 2 is 1.82 bits per heavy atom. The number of hydrogen-bond donors (Lipinski definition) is 3. The molecule has 0 heterocycles. The fourth-order valence-electron chi connectivity index (χ4n) is 1.89. The Kier molecular flexibility index (Phi) is 5.75. The van der Waals surface area contributed by atoms with Gasteiger partial charge in [0.15, 0.2) is 0 Å². The quantitative estimate of drug-likeness (QED) is 0.792. The summed E-state index contributed by atoms with van der Waals surface area (Å²) in [4.78, 5) is 11.7. The van der Waals surface area contributed by atoms with Crippen molar-refractivity contribution in [1.82, 2.24) is 10.6 Å². The Morgan fingerprint density at radius 1 is 1.14 bits per heavy atom. The Morgan fingerprint density at radius 3 is 2.50 bits per heavy atom. The van der Waals surface area contributed by atoms with Crippen molar-refractivity contribution >= 4 is 17.6 Å². The molecule has 0 aliphatic rings. The summed E-state index contributed by atoms with van der Waals surface area (Å²) in [5.74, 6) is -0.502. The zero-order valence-electron chi connectivity index (χ0n) is 11.7. The fraction of sp³-hybridized carbons (Fsp3) is 0.188. The molecule has 2 aromatic rings. The molecule has 1 unspecified atom stereocenters. The highest BCUT2D eigenvalue weighted by Gasteiger charge is 2.13. The maximum Gasteiger partial charge on any atom is 0.315 e. The lowest BCUT2D eigenvalue weighted by atomic mass is 10.1. The first kappa shape index (κ1) is 16.3. The van der Waals surface area contributed by atoms with Crippen molar-refractivity contribution in [1.29, 1.82) is 0 Å². The van der Waals surface area contributed by atoms with Gasteiger partial charge in [-0.3, -0.25) is 0 Å². The number of benzene rings is 2. The van der Waals surface area contributed by atoms with Crippen LogP contribution < -0.4 is 10.6 Å². The molecule has 22 heavy (non-hydrogen) atoms. The van der Waals surface area contributed by atoms with Crippen LogP contribution >= 0.6 is 11.6 Å². The summed E-state index contributed by atoms with van der Waals surface area (Å²) in [5, 5.41) is 15.6. The Balaban J connectivity index is 1.78. The predicted octanol–water partition coefficient (Wildman–Crippen LogP) is 3.01. The number of aliphatic hydroxyl groups excluding tert-OH is 1. The normalized spacial score (nSPS) is 11.8. The summed E-state index contributed by atoms with van der Waals surface area (Å²) in [6, 6.07) is 12.5. The largest absolute Gasteiger partial charge is 0.386 e. The van der Waals surface area contributed by atoms with Gasteiger partial charge in [-0.15, -0.1) is 0 Å². The molecule has 2 rings (SSSR count). The van der Waals surface area contributed by atoms with E-state index in [1.165, 1.54) is 18.2 Å². The highest BCUT2D eigenvalue weighted by atomic mass is 35.5. The maximum absolute atomic E-state index is 13.5. The first-order chi connectivity index (χ1) is 10.6. The lowest BCUT2D eigenvalue weighted by Crippen LogP contribution is -2.37. The molecule has 2 aromatic carbocycles. The fourth-order valence-corrected chi connectivity index (χ4v) is 2.02. The second-order valence-electron chi connectivity index (χ2n) is 4.73. The van der Waals surface area contributed by atoms with Crippen LogP contribution in [-0.4, -0.2) is 17.7 Å². The van der Waals surface area contributed by atoms with Gasteiger partial charge in [0.1, 0.15) is 5.82 Å². The number of aliphatic hydroxyl groups is 1. The van der Waals surface area contributed by atoms with E-state index in [1.807, 2.05) is 0 Å². The van der Waals surface area contributed by atoms with Gasteiger partial charge in [0.05, 0.1) is 6.10 Å². The van der Waals surface area contributed by atoms with Gasteiger partial charge in [-0.25, -0.2) is 9.18 Å². The van der Waals surface area contributed by atoms with E-state index in [9.17, 15) is 14.3 Å². The zero-order chi connectivity index (χ0) is 15.9. The molecule has 6 heteroatoms. The van der Waals surface area contributed by atoms with E-state index in [2.05, 4.69) is 10.6 Å². The van der Waals surface area contributed by atoms with Gasteiger partial charge >= 0.3 is 6.03 Å². The maximum atomic E-state index is 13.5. The zero-order valence-corrected chi connectivity index (χ0v) is 12.5. The highest BCUT2D eigenvalue weighted by molar-refractivity contribution is 6.30. The molecule has 0 aliphatic carbocycles. The molecule has 0 spiro atoms. The monoisotopic (exact) mass is 322 g/mol. The van der Waals surface area contributed by atoms with Crippen molar-refractivity contribution in [3.8, 4) is 0 Å². The van der Waals surface area contributed by atoms with Crippen LogP contribution in [0.3, 0.4) is 0 Å². The first-order valence-electron chi connectivity index (χ1n) is 6.75. The predicted molar refractivity (Wildman–Crippen MR) is 83.1 cm³/mol. The number of carbonyl (C=O) groups is 1. The second-order valence-corrected chi connectivity index (χ2v) is 5.16. The van der Waals surface area contributed by atoms with Gasteiger partial charge in [0.25, 0.3) is 0 Å². The standard InChI is InChI=1S/C16H16ClFN2O2/c17-12-7-5-11(6-8-12)9-19-16(22)20-10-15(21)13-3-1-2-4-14(13)18/h1-8,15,21H,9-10H2,(H2,19,20,22). The molecular weight excluding hydrogens is 307 g/mol. The van der Waals surface area contributed by atoms with Gasteiger partial charge in [-0.1, -0.05) is 41.9 Å². The molecule has 0 aromatic heterocycles. The minimum Gasteiger partial charge on any atom is -0.386 e. The summed E-state index contributed by atoms with van der Waals surface area (Å²) in [5.41, 5.74) is 1.05. The smallest absolute Gasteiger partial charge is 0.315 e. The van der Waals surface area contributed by atoms with Crippen molar-refractivity contribution in [3.05, 3.63) is 70.5 Å². The summed E-state index contributed by atoms with van der Waals surface area (Å²) < 4.78 is 13.5. The third-order valence-corrected chi connectivity index (χ3v) is 3.34. The van der Waals surface area contributed by atoms with Crippen LogP contribution in [0.5, 0.6) is 0 Å². The average molecular weight is 323 g/mol. The lowest BCUT2D eigenvalue weighted by molar-refractivity contribution is 0.169. The van der Waals surface area contributed by atoms with E-state index in [4.69, 9.17) is 11.6 Å². The number of urea groups is 1. The van der Waals surface area contributed by atoms with Crippen molar-refractivity contribution in [2.24, 2.45) is 0 Å². The van der Waals surface area contributed by atoms with Crippen molar-refractivity contribution in [2.45, 2.75) is 12.6 Å². The number of carbonyl (C=O) groups excluding carboxylic acids is 1. The van der Waals surface area contributed by atoms with Gasteiger partial charge in [0, 0.05) is 23.7 Å². The van der Waals surface area contributed by atoms with Crippen molar-refractivity contribution < 1.29 is 14.3 Å². The minimum absolute atomic E-state index is 0.0760. The van der Waals surface area contributed by atoms with Crippen LogP contribution in [-0.2, 0) is 6.54 Å². The number of halogens is 2. The third-order valence-electron chi connectivity index (χ3n) is 3.09. The third kappa shape index (κ3) is 4.72. The van der Waals surface area contributed by atoms with E-state index < -0.39 is 18.0 Å². The van der Waals surface area contributed by atoms with Gasteiger partial charge in [-0.05, 0) is 23.8 Å². The minimum atomic E-state index is -1.09. The van der Waals surface area contributed by atoms with E-state index >= 15 is 0 Å². The number of rotatable bonds is 5. The molecule has 1 atom stereocenters. The van der Waals surface area contributed by atoms with Crippen LogP contribution in [0, 0.1) is 5.82 Å². The number of nitrogens with one attached hydrogen (secondary N) is 2. The van der Waals surface area contributed by atoms with Crippen LogP contribution in [0.25, 0.3) is 0 Å². The summed E-state index contributed by atoms with van der Waals surface area (Å²) >= 11 is 5.77. The Hall–Kier alpha value is -2.11. The summed E-state index contributed by atoms with van der Waals surface area (Å²) in [7, 11) is 0. The van der Waals surface area contributed by atoms with Gasteiger partial charge in [-0.2, -0.15) is 0 Å². The molecular formula is C16H16ClFN2O2. The number of amides is 2. The molecule has 0 bridgehead atoms. The topological polar surface area (TPSA) is 61.4 Å². The molecule has 0 radical (unpaired) electrons. The highest BCUT2D eigenvalue weighted by Crippen LogP contribution is 2.15. The van der Waals surface area contributed by atoms with Gasteiger partial charge < -0.3 is 15.7 Å². The van der Waals surface area contributed by atoms with E-state index in [1.54, 1.807) is 30.3 Å². The van der Waals surface area contributed by atoms with E-state index in [0.29, 0.717) is 11.6 Å². The summed E-state index contributed by atoms with van der Waals surface area (Å²) in [6.07, 6.45) is -1.09. The van der Waals surface area contributed by atoms with Crippen LogP contribution in [0.2, 0.25) is 5.02 Å².